The molecule has 0 spiro atoms. The number of carbonyl (C=O) groups excluding carboxylic acids is 2. The number of rotatable bonds is 7. The van der Waals surface area contributed by atoms with E-state index in [2.05, 4.69) is 16.0 Å². The number of carbonyl (C=O) groups is 3. The van der Waals surface area contributed by atoms with Crippen molar-refractivity contribution in [2.24, 2.45) is 0 Å². The molecule has 0 fully saturated rings. The van der Waals surface area contributed by atoms with E-state index in [4.69, 9.17) is 5.11 Å². The summed E-state index contributed by atoms with van der Waals surface area (Å²) in [5.41, 5.74) is -0.656. The van der Waals surface area contributed by atoms with Crippen LogP contribution in [-0.4, -0.2) is 40.6 Å². The van der Waals surface area contributed by atoms with Crippen LogP contribution in [0.4, 0.5) is 4.79 Å². The highest BCUT2D eigenvalue weighted by atomic mass is 16.4. The number of aliphatic carboxylic acids is 1. The summed E-state index contributed by atoms with van der Waals surface area (Å²) in [4.78, 5) is 33.9. The van der Waals surface area contributed by atoms with Gasteiger partial charge in [-0.1, -0.05) is 0 Å². The number of hydrogen-bond donors (Lipinski definition) is 4. The van der Waals surface area contributed by atoms with Crippen LogP contribution in [0.2, 0.25) is 0 Å². The van der Waals surface area contributed by atoms with Crippen LogP contribution in [0.1, 0.15) is 47.5 Å². The topological polar surface area (TPSA) is 108 Å². The molecule has 3 amide bonds. The Balaban J connectivity index is 4.27. The highest BCUT2D eigenvalue weighted by Gasteiger charge is 2.23. The number of hydrogen-bond acceptors (Lipinski definition) is 3. The van der Waals surface area contributed by atoms with Crippen molar-refractivity contribution >= 4 is 17.9 Å². The van der Waals surface area contributed by atoms with Gasteiger partial charge in [0.25, 0.3) is 0 Å². The van der Waals surface area contributed by atoms with Gasteiger partial charge in [0.1, 0.15) is 6.04 Å². The molecule has 0 aliphatic carbocycles. The first-order chi connectivity index (χ1) is 9.03. The quantitative estimate of drug-likeness (QED) is 0.556. The molecule has 0 bridgehead atoms. The average molecular weight is 287 g/mol. The Hall–Kier alpha value is -1.79. The van der Waals surface area contributed by atoms with E-state index in [-0.39, 0.29) is 18.4 Å². The van der Waals surface area contributed by atoms with Gasteiger partial charge in [-0.25, -0.2) is 4.79 Å². The van der Waals surface area contributed by atoms with Crippen molar-refractivity contribution < 1.29 is 19.5 Å². The second-order valence-electron chi connectivity index (χ2n) is 5.76. The number of carboxylic acid groups (broad SMARTS) is 1. The zero-order valence-electron chi connectivity index (χ0n) is 12.7. The molecule has 20 heavy (non-hydrogen) atoms. The minimum atomic E-state index is -0.912. The fraction of sp³-hybridized carbons (Fsp3) is 0.769. The molecule has 0 aromatic carbocycles. The third-order valence-corrected chi connectivity index (χ3v) is 2.59. The van der Waals surface area contributed by atoms with Gasteiger partial charge in [-0.15, -0.1) is 0 Å². The monoisotopic (exact) mass is 287 g/mol. The predicted molar refractivity (Wildman–Crippen MR) is 75.4 cm³/mol. The van der Waals surface area contributed by atoms with Crippen LogP contribution in [0.25, 0.3) is 0 Å². The minimum Gasteiger partial charge on any atom is -0.481 e. The predicted octanol–water partition coefficient (Wildman–Crippen LogP) is 0.842. The van der Waals surface area contributed by atoms with Crippen LogP contribution >= 0.6 is 0 Å². The van der Waals surface area contributed by atoms with Crippen molar-refractivity contribution in [3.05, 3.63) is 0 Å². The Kier molecular flexibility index (Phi) is 7.02. The SMILES string of the molecule is CC(C)NC(=O)C(C)NC(=O)NC(C)(C)CCC(=O)O. The van der Waals surface area contributed by atoms with Crippen LogP contribution < -0.4 is 16.0 Å². The van der Waals surface area contributed by atoms with Crippen molar-refractivity contribution in [1.82, 2.24) is 16.0 Å². The van der Waals surface area contributed by atoms with E-state index in [0.717, 1.165) is 0 Å². The van der Waals surface area contributed by atoms with Gasteiger partial charge >= 0.3 is 12.0 Å². The number of urea groups is 1. The molecule has 0 aromatic heterocycles. The van der Waals surface area contributed by atoms with Crippen molar-refractivity contribution in [3.8, 4) is 0 Å². The summed E-state index contributed by atoms with van der Waals surface area (Å²) in [6.07, 6.45) is 0.277. The summed E-state index contributed by atoms with van der Waals surface area (Å²) in [6, 6.07) is -1.15. The number of amides is 3. The molecule has 0 saturated carbocycles. The summed E-state index contributed by atoms with van der Waals surface area (Å²) >= 11 is 0. The lowest BCUT2D eigenvalue weighted by molar-refractivity contribution is -0.137. The van der Waals surface area contributed by atoms with Gasteiger partial charge in [0.05, 0.1) is 0 Å². The third-order valence-electron chi connectivity index (χ3n) is 2.59. The van der Waals surface area contributed by atoms with E-state index >= 15 is 0 Å². The minimum absolute atomic E-state index is 0.00168. The lowest BCUT2D eigenvalue weighted by Crippen LogP contribution is -2.54. The summed E-state index contributed by atoms with van der Waals surface area (Å²) in [7, 11) is 0. The first kappa shape index (κ1) is 18.2. The Bertz CT molecular complexity index is 367. The van der Waals surface area contributed by atoms with Crippen LogP contribution in [0, 0.1) is 0 Å². The smallest absolute Gasteiger partial charge is 0.315 e. The first-order valence-corrected chi connectivity index (χ1v) is 6.64. The lowest BCUT2D eigenvalue weighted by atomic mass is 9.99. The maximum Gasteiger partial charge on any atom is 0.315 e. The van der Waals surface area contributed by atoms with Gasteiger partial charge in [0.2, 0.25) is 5.91 Å². The molecule has 7 heteroatoms. The number of nitrogens with one attached hydrogen (secondary N) is 3. The van der Waals surface area contributed by atoms with E-state index in [1.165, 1.54) is 0 Å². The molecular weight excluding hydrogens is 262 g/mol. The fourth-order valence-corrected chi connectivity index (χ4v) is 1.50. The summed E-state index contributed by atoms with van der Waals surface area (Å²) < 4.78 is 0. The number of carboxylic acids is 1. The molecule has 0 saturated heterocycles. The second-order valence-corrected chi connectivity index (χ2v) is 5.76. The molecule has 4 N–H and O–H groups in total. The maximum atomic E-state index is 11.8. The summed E-state index contributed by atoms with van der Waals surface area (Å²) in [6.45, 7) is 8.71. The molecule has 116 valence electrons. The van der Waals surface area contributed by atoms with E-state index in [1.807, 2.05) is 13.8 Å². The molecule has 7 nitrogen and oxygen atoms in total. The molecular formula is C13H25N3O4. The summed E-state index contributed by atoms with van der Waals surface area (Å²) in [5.74, 6) is -1.18. The molecule has 0 aliphatic rings. The van der Waals surface area contributed by atoms with Crippen LogP contribution in [0.3, 0.4) is 0 Å². The molecule has 0 aromatic rings. The fourth-order valence-electron chi connectivity index (χ4n) is 1.50. The average Bonchev–Trinajstić information content (AvgIpc) is 2.24. The van der Waals surface area contributed by atoms with Crippen LogP contribution in [0.5, 0.6) is 0 Å². The van der Waals surface area contributed by atoms with E-state index in [0.29, 0.717) is 6.42 Å². The third kappa shape index (κ3) is 8.34. The van der Waals surface area contributed by atoms with Gasteiger partial charge < -0.3 is 21.1 Å². The maximum absolute atomic E-state index is 11.8. The molecule has 1 unspecified atom stereocenters. The Labute approximate surface area is 119 Å². The normalized spacial score (nSPS) is 12.7. The molecule has 0 heterocycles. The Morgan fingerprint density at radius 3 is 2.10 bits per heavy atom. The van der Waals surface area contributed by atoms with Gasteiger partial charge in [-0.2, -0.15) is 0 Å². The zero-order chi connectivity index (χ0) is 15.9. The van der Waals surface area contributed by atoms with Gasteiger partial charge in [-0.05, 0) is 41.0 Å². The van der Waals surface area contributed by atoms with Crippen molar-refractivity contribution in [2.45, 2.75) is 65.1 Å². The molecule has 0 radical (unpaired) electrons. The van der Waals surface area contributed by atoms with Crippen molar-refractivity contribution in [3.63, 3.8) is 0 Å². The van der Waals surface area contributed by atoms with E-state index in [1.54, 1.807) is 20.8 Å². The Morgan fingerprint density at radius 1 is 1.10 bits per heavy atom. The highest BCUT2D eigenvalue weighted by molar-refractivity contribution is 5.87. The van der Waals surface area contributed by atoms with Gasteiger partial charge in [0, 0.05) is 18.0 Å². The van der Waals surface area contributed by atoms with Gasteiger partial charge in [0.15, 0.2) is 0 Å². The second kappa shape index (κ2) is 7.72. The van der Waals surface area contributed by atoms with E-state index in [9.17, 15) is 14.4 Å². The standard InChI is InChI=1S/C13H25N3O4/c1-8(2)14-11(19)9(3)15-12(20)16-13(4,5)7-6-10(17)18/h8-9H,6-7H2,1-5H3,(H,14,19)(H,17,18)(H2,15,16,20). The van der Waals surface area contributed by atoms with Gasteiger partial charge in [-0.3, -0.25) is 9.59 Å². The summed E-state index contributed by atoms with van der Waals surface area (Å²) in [5, 5.41) is 16.5. The first-order valence-electron chi connectivity index (χ1n) is 6.64. The van der Waals surface area contributed by atoms with Crippen LogP contribution in [-0.2, 0) is 9.59 Å². The van der Waals surface area contributed by atoms with Crippen molar-refractivity contribution in [2.75, 3.05) is 0 Å². The molecule has 0 rings (SSSR count). The van der Waals surface area contributed by atoms with E-state index < -0.39 is 23.6 Å². The lowest BCUT2D eigenvalue weighted by Gasteiger charge is -2.27. The molecule has 1 atom stereocenters. The largest absolute Gasteiger partial charge is 0.481 e. The van der Waals surface area contributed by atoms with Crippen LogP contribution in [0.15, 0.2) is 0 Å². The zero-order valence-corrected chi connectivity index (χ0v) is 12.7. The van der Waals surface area contributed by atoms with Crippen molar-refractivity contribution in [1.29, 1.82) is 0 Å². The highest BCUT2D eigenvalue weighted by Crippen LogP contribution is 2.10. The molecule has 0 aliphatic heterocycles. The Morgan fingerprint density at radius 2 is 1.65 bits per heavy atom.